The van der Waals surface area contributed by atoms with Crippen molar-refractivity contribution < 1.29 is 23.0 Å². The molecule has 1 aliphatic heterocycles. The van der Waals surface area contributed by atoms with Crippen LogP contribution in [0.3, 0.4) is 0 Å². The molecule has 0 radical (unpaired) electrons. The Kier molecular flexibility index (Phi) is 4.51. The van der Waals surface area contributed by atoms with E-state index in [1.54, 1.807) is 12.1 Å². The zero-order chi connectivity index (χ0) is 17.8. The molecule has 0 unspecified atom stereocenters. The van der Waals surface area contributed by atoms with Crippen molar-refractivity contribution in [3.05, 3.63) is 72.1 Å². The van der Waals surface area contributed by atoms with Gasteiger partial charge in [-0.15, -0.1) is 10.2 Å². The van der Waals surface area contributed by atoms with Crippen molar-refractivity contribution in [3.63, 3.8) is 0 Å². The summed E-state index contributed by atoms with van der Waals surface area (Å²) >= 11 is 0. The van der Waals surface area contributed by atoms with Gasteiger partial charge < -0.3 is 18.6 Å². The topological polar surface area (TPSA) is 66.6 Å². The molecule has 2 aromatic carbocycles. The van der Waals surface area contributed by atoms with Gasteiger partial charge in [-0.1, -0.05) is 24.3 Å². The number of nitrogens with zero attached hydrogens (tertiary/aromatic N) is 2. The van der Waals surface area contributed by atoms with Gasteiger partial charge in [-0.2, -0.15) is 0 Å². The molecule has 3 aromatic rings. The monoisotopic (exact) mass is 354 g/mol. The van der Waals surface area contributed by atoms with Crippen LogP contribution in [-0.2, 0) is 16.1 Å². The fourth-order valence-corrected chi connectivity index (χ4v) is 2.42. The smallest absolute Gasteiger partial charge is 0.286 e. The number of para-hydroxylation sites is 1. The number of hydrogen-bond acceptors (Lipinski definition) is 6. The SMILES string of the molecule is Fc1ccc(COc2ccccc2-c2nnc(C3=COCCO3)o2)cc1. The minimum Gasteiger partial charge on any atom is -0.494 e. The number of ether oxygens (including phenoxy) is 3. The molecule has 0 atom stereocenters. The summed E-state index contributed by atoms with van der Waals surface area (Å²) in [6.07, 6.45) is 1.46. The summed E-state index contributed by atoms with van der Waals surface area (Å²) in [5, 5.41) is 8.06. The van der Waals surface area contributed by atoms with Gasteiger partial charge in [-0.05, 0) is 29.8 Å². The van der Waals surface area contributed by atoms with E-state index in [0.717, 1.165) is 5.56 Å². The molecule has 0 fully saturated rings. The Morgan fingerprint density at radius 1 is 0.962 bits per heavy atom. The predicted octanol–water partition coefficient (Wildman–Crippen LogP) is 3.80. The van der Waals surface area contributed by atoms with Gasteiger partial charge in [-0.3, -0.25) is 0 Å². The van der Waals surface area contributed by atoms with E-state index >= 15 is 0 Å². The van der Waals surface area contributed by atoms with E-state index in [-0.39, 0.29) is 11.7 Å². The molecule has 1 aromatic heterocycles. The molecule has 26 heavy (non-hydrogen) atoms. The highest BCUT2D eigenvalue weighted by atomic mass is 19.1. The Hall–Kier alpha value is -3.35. The van der Waals surface area contributed by atoms with Crippen LogP contribution in [0.5, 0.6) is 5.75 Å². The lowest BCUT2D eigenvalue weighted by molar-refractivity contribution is 0.121. The maximum atomic E-state index is 13.0. The Labute approximate surface area is 148 Å². The highest BCUT2D eigenvalue weighted by molar-refractivity contribution is 5.63. The van der Waals surface area contributed by atoms with Crippen LogP contribution in [0.2, 0.25) is 0 Å². The molecule has 4 rings (SSSR count). The van der Waals surface area contributed by atoms with Crippen LogP contribution in [0.4, 0.5) is 4.39 Å². The van der Waals surface area contributed by atoms with Crippen LogP contribution in [0.15, 0.2) is 59.2 Å². The molecular formula is C19H15FN2O4. The lowest BCUT2D eigenvalue weighted by atomic mass is 10.2. The number of aromatic nitrogens is 2. The van der Waals surface area contributed by atoms with Gasteiger partial charge in [0, 0.05) is 0 Å². The predicted molar refractivity (Wildman–Crippen MR) is 90.3 cm³/mol. The molecule has 0 aliphatic carbocycles. The third-order valence-corrected chi connectivity index (χ3v) is 3.71. The Bertz CT molecular complexity index is 921. The van der Waals surface area contributed by atoms with Crippen molar-refractivity contribution in [2.75, 3.05) is 13.2 Å². The van der Waals surface area contributed by atoms with Gasteiger partial charge in [0.2, 0.25) is 5.76 Å². The highest BCUT2D eigenvalue weighted by Gasteiger charge is 2.18. The second-order valence-corrected chi connectivity index (χ2v) is 5.53. The van der Waals surface area contributed by atoms with E-state index in [9.17, 15) is 4.39 Å². The van der Waals surface area contributed by atoms with Crippen LogP contribution >= 0.6 is 0 Å². The Morgan fingerprint density at radius 3 is 2.58 bits per heavy atom. The zero-order valence-electron chi connectivity index (χ0n) is 13.7. The average molecular weight is 354 g/mol. The van der Waals surface area contributed by atoms with E-state index in [2.05, 4.69) is 10.2 Å². The van der Waals surface area contributed by atoms with Crippen LogP contribution in [-0.4, -0.2) is 23.4 Å². The summed E-state index contributed by atoms with van der Waals surface area (Å²) in [5.41, 5.74) is 1.51. The summed E-state index contributed by atoms with van der Waals surface area (Å²) < 4.78 is 35.2. The fraction of sp³-hybridized carbons (Fsp3) is 0.158. The second kappa shape index (κ2) is 7.26. The largest absolute Gasteiger partial charge is 0.494 e. The molecule has 6 nitrogen and oxygen atoms in total. The number of hydrogen-bond donors (Lipinski definition) is 0. The molecule has 0 N–H and O–H groups in total. The Morgan fingerprint density at radius 2 is 1.77 bits per heavy atom. The highest BCUT2D eigenvalue weighted by Crippen LogP contribution is 2.31. The first-order valence-electron chi connectivity index (χ1n) is 8.05. The van der Waals surface area contributed by atoms with Gasteiger partial charge in [0.15, 0.2) is 0 Å². The minimum atomic E-state index is -0.282. The van der Waals surface area contributed by atoms with Crippen molar-refractivity contribution >= 4 is 5.76 Å². The first kappa shape index (κ1) is 16.1. The summed E-state index contributed by atoms with van der Waals surface area (Å²) in [4.78, 5) is 0. The maximum Gasteiger partial charge on any atom is 0.286 e. The molecule has 2 heterocycles. The van der Waals surface area contributed by atoms with Crippen LogP contribution in [0.25, 0.3) is 17.2 Å². The molecule has 0 saturated heterocycles. The molecule has 1 aliphatic rings. The molecule has 0 amide bonds. The second-order valence-electron chi connectivity index (χ2n) is 5.53. The lowest BCUT2D eigenvalue weighted by Gasteiger charge is -2.12. The number of rotatable bonds is 5. The van der Waals surface area contributed by atoms with Gasteiger partial charge >= 0.3 is 0 Å². The van der Waals surface area contributed by atoms with Gasteiger partial charge in [0.1, 0.15) is 37.6 Å². The minimum absolute atomic E-state index is 0.244. The lowest BCUT2D eigenvalue weighted by Crippen LogP contribution is -2.07. The van der Waals surface area contributed by atoms with E-state index in [1.165, 1.54) is 18.4 Å². The number of benzene rings is 2. The summed E-state index contributed by atoms with van der Waals surface area (Å²) in [6, 6.07) is 13.5. The van der Waals surface area contributed by atoms with Crippen LogP contribution < -0.4 is 4.74 Å². The standard InChI is InChI=1S/C19H15FN2O4/c20-14-7-5-13(6-8-14)11-25-16-4-2-1-3-15(16)18-21-22-19(26-18)17-12-23-9-10-24-17/h1-8,12H,9-11H2. The molecule has 7 heteroatoms. The van der Waals surface area contributed by atoms with Crippen molar-refractivity contribution in [1.82, 2.24) is 10.2 Å². The molecule has 0 spiro atoms. The van der Waals surface area contributed by atoms with Crippen LogP contribution in [0.1, 0.15) is 11.5 Å². The fourth-order valence-electron chi connectivity index (χ4n) is 2.42. The first-order chi connectivity index (χ1) is 12.8. The summed E-state index contributed by atoms with van der Waals surface area (Å²) in [6.45, 7) is 1.21. The van der Waals surface area contributed by atoms with Crippen molar-refractivity contribution in [2.24, 2.45) is 0 Å². The van der Waals surface area contributed by atoms with Gasteiger partial charge in [0.25, 0.3) is 11.8 Å². The van der Waals surface area contributed by atoms with Crippen molar-refractivity contribution in [1.29, 1.82) is 0 Å². The van der Waals surface area contributed by atoms with Crippen molar-refractivity contribution in [2.45, 2.75) is 6.61 Å². The van der Waals surface area contributed by atoms with E-state index < -0.39 is 0 Å². The molecule has 0 bridgehead atoms. The average Bonchev–Trinajstić information content (AvgIpc) is 3.19. The first-order valence-corrected chi connectivity index (χ1v) is 8.05. The van der Waals surface area contributed by atoms with Crippen LogP contribution in [0, 0.1) is 5.82 Å². The van der Waals surface area contributed by atoms with Crippen molar-refractivity contribution in [3.8, 4) is 17.2 Å². The summed E-state index contributed by atoms with van der Waals surface area (Å²) in [7, 11) is 0. The third kappa shape index (κ3) is 3.51. The van der Waals surface area contributed by atoms with E-state index in [1.807, 2.05) is 24.3 Å². The van der Waals surface area contributed by atoms with Gasteiger partial charge in [-0.25, -0.2) is 4.39 Å². The quantitative estimate of drug-likeness (QED) is 0.694. The van der Waals surface area contributed by atoms with E-state index in [0.29, 0.717) is 42.8 Å². The number of halogens is 1. The van der Waals surface area contributed by atoms with E-state index in [4.69, 9.17) is 18.6 Å². The normalized spacial score (nSPS) is 13.5. The molecule has 0 saturated carbocycles. The maximum absolute atomic E-state index is 13.0. The molecule has 132 valence electrons. The molecular weight excluding hydrogens is 339 g/mol. The van der Waals surface area contributed by atoms with Gasteiger partial charge in [0.05, 0.1) is 5.56 Å². The Balaban J connectivity index is 1.55. The third-order valence-electron chi connectivity index (χ3n) is 3.71. The summed E-state index contributed by atoms with van der Waals surface area (Å²) in [5.74, 6) is 1.26. The zero-order valence-corrected chi connectivity index (χ0v) is 13.7.